The zero-order valence-corrected chi connectivity index (χ0v) is 14.4. The van der Waals surface area contributed by atoms with Crippen LogP contribution >= 0.6 is 0 Å². The lowest BCUT2D eigenvalue weighted by molar-refractivity contribution is 1.55. The minimum absolute atomic E-state index is 0.895. The molecule has 0 saturated carbocycles. The number of terminal acetylenes is 1. The third-order valence-corrected chi connectivity index (χ3v) is 4.51. The van der Waals surface area contributed by atoms with E-state index in [1.165, 1.54) is 22.3 Å². The molecular formula is C26H18. The van der Waals surface area contributed by atoms with Crippen LogP contribution in [0.5, 0.6) is 0 Å². The Hall–Kier alpha value is -3.56. The summed E-state index contributed by atoms with van der Waals surface area (Å²) in [7, 11) is 0. The molecule has 0 heterocycles. The predicted molar refractivity (Wildman–Crippen MR) is 111 cm³/mol. The van der Waals surface area contributed by atoms with Crippen molar-refractivity contribution >= 4 is 0 Å². The molecule has 0 spiro atoms. The van der Waals surface area contributed by atoms with Crippen molar-refractivity contribution in [1.29, 1.82) is 0 Å². The first-order chi connectivity index (χ1) is 12.8. The highest BCUT2D eigenvalue weighted by Gasteiger charge is 2.06. The van der Waals surface area contributed by atoms with Crippen molar-refractivity contribution in [3.63, 3.8) is 0 Å². The Morgan fingerprint density at radius 3 is 1.42 bits per heavy atom. The van der Waals surface area contributed by atoms with Crippen LogP contribution in [-0.2, 0) is 0 Å². The first kappa shape index (κ1) is 15.9. The first-order valence-electron chi connectivity index (χ1n) is 8.66. The minimum Gasteiger partial charge on any atom is -0.115 e. The summed E-state index contributed by atoms with van der Waals surface area (Å²) >= 11 is 0. The van der Waals surface area contributed by atoms with Crippen molar-refractivity contribution in [2.75, 3.05) is 0 Å². The van der Waals surface area contributed by atoms with Crippen LogP contribution in [0, 0.1) is 12.3 Å². The normalized spacial score (nSPS) is 10.3. The van der Waals surface area contributed by atoms with Gasteiger partial charge in [0.25, 0.3) is 0 Å². The molecule has 122 valence electrons. The molecule has 0 fully saturated rings. The molecule has 0 aromatic heterocycles. The summed E-state index contributed by atoms with van der Waals surface area (Å²) in [6.07, 6.45) is 5.71. The third kappa shape index (κ3) is 3.29. The fourth-order valence-corrected chi connectivity index (χ4v) is 3.18. The van der Waals surface area contributed by atoms with Gasteiger partial charge in [-0.15, -0.1) is 6.42 Å². The highest BCUT2D eigenvalue weighted by Crippen LogP contribution is 2.30. The SMILES string of the molecule is C#Cc1cc(-c2ccccc2)cc(-c2cccc(-c3ccccc3)c2)c1. The van der Waals surface area contributed by atoms with Crippen LogP contribution in [0.1, 0.15) is 5.56 Å². The summed E-state index contributed by atoms with van der Waals surface area (Å²) in [5, 5.41) is 0. The van der Waals surface area contributed by atoms with E-state index in [1.54, 1.807) is 0 Å². The summed E-state index contributed by atoms with van der Waals surface area (Å²) < 4.78 is 0. The summed E-state index contributed by atoms with van der Waals surface area (Å²) in [4.78, 5) is 0. The number of rotatable bonds is 3. The van der Waals surface area contributed by atoms with E-state index in [9.17, 15) is 0 Å². The fourth-order valence-electron chi connectivity index (χ4n) is 3.18. The lowest BCUT2D eigenvalue weighted by Crippen LogP contribution is -1.86. The Morgan fingerprint density at radius 1 is 0.423 bits per heavy atom. The van der Waals surface area contributed by atoms with Gasteiger partial charge in [-0.1, -0.05) is 84.8 Å². The van der Waals surface area contributed by atoms with Crippen LogP contribution in [0.15, 0.2) is 103 Å². The summed E-state index contributed by atoms with van der Waals surface area (Å²) in [6, 6.07) is 35.7. The Bertz CT molecular complexity index is 1070. The smallest absolute Gasteiger partial charge is 0.0254 e. The standard InChI is InChI=1S/C26H18/c1-2-20-16-25(22-12-7-4-8-13-22)19-26(17-20)24-15-9-14-23(18-24)21-10-5-3-6-11-21/h1,3-19H. The summed E-state index contributed by atoms with van der Waals surface area (Å²) in [5.41, 5.74) is 7.93. The van der Waals surface area contributed by atoms with Gasteiger partial charge in [-0.25, -0.2) is 0 Å². The second kappa shape index (κ2) is 7.13. The monoisotopic (exact) mass is 330 g/mol. The minimum atomic E-state index is 0.895. The average molecular weight is 330 g/mol. The molecule has 4 rings (SSSR count). The molecule has 0 heteroatoms. The fraction of sp³-hybridized carbons (Fsp3) is 0. The molecule has 4 aromatic rings. The van der Waals surface area contributed by atoms with E-state index in [1.807, 2.05) is 24.3 Å². The lowest BCUT2D eigenvalue weighted by Gasteiger charge is -2.10. The molecular weight excluding hydrogens is 312 g/mol. The maximum Gasteiger partial charge on any atom is 0.0254 e. The van der Waals surface area contributed by atoms with Gasteiger partial charge in [0.05, 0.1) is 0 Å². The molecule has 0 aliphatic rings. The van der Waals surface area contributed by atoms with E-state index in [2.05, 4.69) is 84.8 Å². The second-order valence-corrected chi connectivity index (χ2v) is 6.26. The van der Waals surface area contributed by atoms with Crippen molar-refractivity contribution in [3.8, 4) is 45.7 Å². The van der Waals surface area contributed by atoms with Crippen LogP contribution < -0.4 is 0 Å². The molecule has 0 N–H and O–H groups in total. The lowest BCUT2D eigenvalue weighted by atomic mass is 9.94. The van der Waals surface area contributed by atoms with Gasteiger partial charge in [-0.2, -0.15) is 0 Å². The Morgan fingerprint density at radius 2 is 0.846 bits per heavy atom. The predicted octanol–water partition coefficient (Wildman–Crippen LogP) is 6.67. The maximum absolute atomic E-state index is 5.71. The van der Waals surface area contributed by atoms with E-state index in [0.29, 0.717) is 0 Å². The highest BCUT2D eigenvalue weighted by atomic mass is 14.1. The van der Waals surface area contributed by atoms with Crippen molar-refractivity contribution in [2.45, 2.75) is 0 Å². The molecule has 26 heavy (non-hydrogen) atoms. The van der Waals surface area contributed by atoms with Gasteiger partial charge in [0.15, 0.2) is 0 Å². The van der Waals surface area contributed by atoms with Crippen LogP contribution in [-0.4, -0.2) is 0 Å². The second-order valence-electron chi connectivity index (χ2n) is 6.26. The van der Waals surface area contributed by atoms with E-state index < -0.39 is 0 Å². The van der Waals surface area contributed by atoms with Gasteiger partial charge in [0.2, 0.25) is 0 Å². The van der Waals surface area contributed by atoms with Gasteiger partial charge in [0.1, 0.15) is 0 Å². The van der Waals surface area contributed by atoms with E-state index in [-0.39, 0.29) is 0 Å². The van der Waals surface area contributed by atoms with Crippen molar-refractivity contribution in [3.05, 3.63) is 109 Å². The van der Waals surface area contributed by atoms with Gasteiger partial charge in [-0.3, -0.25) is 0 Å². The Labute approximate surface area is 154 Å². The average Bonchev–Trinajstić information content (AvgIpc) is 2.75. The molecule has 0 radical (unpaired) electrons. The van der Waals surface area contributed by atoms with Crippen LogP contribution in [0.4, 0.5) is 0 Å². The summed E-state index contributed by atoms with van der Waals surface area (Å²) in [5.74, 6) is 2.79. The van der Waals surface area contributed by atoms with Crippen LogP contribution in [0.3, 0.4) is 0 Å². The van der Waals surface area contributed by atoms with Gasteiger partial charge in [0, 0.05) is 5.56 Å². The Balaban J connectivity index is 1.82. The molecule has 0 unspecified atom stereocenters. The molecule has 0 aliphatic heterocycles. The van der Waals surface area contributed by atoms with Crippen LogP contribution in [0.2, 0.25) is 0 Å². The molecule has 0 atom stereocenters. The largest absolute Gasteiger partial charge is 0.115 e. The van der Waals surface area contributed by atoms with Crippen molar-refractivity contribution < 1.29 is 0 Å². The van der Waals surface area contributed by atoms with Gasteiger partial charge in [-0.05, 0) is 57.6 Å². The van der Waals surface area contributed by atoms with Crippen molar-refractivity contribution in [1.82, 2.24) is 0 Å². The molecule has 4 aromatic carbocycles. The Kier molecular flexibility index (Phi) is 4.37. The van der Waals surface area contributed by atoms with E-state index >= 15 is 0 Å². The maximum atomic E-state index is 5.71. The number of hydrogen-bond donors (Lipinski definition) is 0. The zero-order chi connectivity index (χ0) is 17.8. The van der Waals surface area contributed by atoms with E-state index in [0.717, 1.165) is 16.7 Å². The molecule has 0 bridgehead atoms. The zero-order valence-electron chi connectivity index (χ0n) is 14.4. The number of hydrogen-bond acceptors (Lipinski definition) is 0. The first-order valence-corrected chi connectivity index (χ1v) is 8.66. The molecule has 0 amide bonds. The molecule has 0 aliphatic carbocycles. The molecule has 0 saturated heterocycles. The van der Waals surface area contributed by atoms with Gasteiger partial charge < -0.3 is 0 Å². The van der Waals surface area contributed by atoms with Crippen molar-refractivity contribution in [2.24, 2.45) is 0 Å². The van der Waals surface area contributed by atoms with E-state index in [4.69, 9.17) is 6.42 Å². The van der Waals surface area contributed by atoms with Gasteiger partial charge >= 0.3 is 0 Å². The summed E-state index contributed by atoms with van der Waals surface area (Å²) in [6.45, 7) is 0. The third-order valence-electron chi connectivity index (χ3n) is 4.51. The topological polar surface area (TPSA) is 0 Å². The highest BCUT2D eigenvalue weighted by molar-refractivity contribution is 5.78. The van der Waals surface area contributed by atoms with Crippen LogP contribution in [0.25, 0.3) is 33.4 Å². The molecule has 0 nitrogen and oxygen atoms in total. The quantitative estimate of drug-likeness (QED) is 0.368. The number of benzene rings is 4.